The molecule has 1 atom stereocenters. The first-order valence-corrected chi connectivity index (χ1v) is 6.62. The van der Waals surface area contributed by atoms with E-state index in [4.69, 9.17) is 9.84 Å². The molecule has 0 spiro atoms. The van der Waals surface area contributed by atoms with E-state index in [2.05, 4.69) is 10.3 Å². The number of aliphatic carboxylic acids is 1. The minimum atomic E-state index is -0.993. The molecule has 7 heteroatoms. The van der Waals surface area contributed by atoms with Crippen molar-refractivity contribution < 1.29 is 19.4 Å². The molecule has 106 valence electrons. The van der Waals surface area contributed by atoms with Crippen molar-refractivity contribution in [3.63, 3.8) is 0 Å². The molecule has 0 aromatic carbocycles. The van der Waals surface area contributed by atoms with E-state index in [1.54, 1.807) is 27.0 Å². The van der Waals surface area contributed by atoms with Crippen LogP contribution in [0.1, 0.15) is 43.1 Å². The van der Waals surface area contributed by atoms with Gasteiger partial charge in [0.1, 0.15) is 5.60 Å². The van der Waals surface area contributed by atoms with Crippen LogP contribution >= 0.6 is 11.3 Å². The average Bonchev–Trinajstić information content (AvgIpc) is 2.60. The van der Waals surface area contributed by atoms with Crippen molar-refractivity contribution in [2.75, 3.05) is 0 Å². The molecular weight excluding hydrogens is 268 g/mol. The fourth-order valence-corrected chi connectivity index (χ4v) is 2.22. The van der Waals surface area contributed by atoms with Crippen LogP contribution in [-0.4, -0.2) is 27.8 Å². The number of alkyl carbamates (subject to hydrolysis) is 1. The highest BCUT2D eigenvalue weighted by atomic mass is 32.1. The van der Waals surface area contributed by atoms with Crippen molar-refractivity contribution in [1.29, 1.82) is 0 Å². The molecule has 0 aliphatic carbocycles. The second-order valence-corrected chi connectivity index (χ2v) is 6.34. The SMILES string of the molecule is Cc1ncc(C(CC(=O)O)NC(=O)OC(C)(C)C)s1. The van der Waals surface area contributed by atoms with Crippen LogP contribution in [0.2, 0.25) is 0 Å². The summed E-state index contributed by atoms with van der Waals surface area (Å²) in [6.07, 6.45) is 0.732. The van der Waals surface area contributed by atoms with Crippen LogP contribution in [0.15, 0.2) is 6.20 Å². The number of hydrogen-bond donors (Lipinski definition) is 2. The third kappa shape index (κ3) is 5.69. The Morgan fingerprint density at radius 1 is 1.53 bits per heavy atom. The second-order valence-electron chi connectivity index (χ2n) is 5.08. The summed E-state index contributed by atoms with van der Waals surface area (Å²) < 4.78 is 5.12. The second kappa shape index (κ2) is 6.01. The Morgan fingerprint density at radius 2 is 2.16 bits per heavy atom. The number of aryl methyl sites for hydroxylation is 1. The van der Waals surface area contributed by atoms with Crippen LogP contribution in [0.3, 0.4) is 0 Å². The van der Waals surface area contributed by atoms with Gasteiger partial charge in [0.05, 0.1) is 17.5 Å². The fraction of sp³-hybridized carbons (Fsp3) is 0.583. The Kier molecular flexibility index (Phi) is 4.88. The van der Waals surface area contributed by atoms with E-state index < -0.39 is 23.7 Å². The van der Waals surface area contributed by atoms with Gasteiger partial charge in [0.25, 0.3) is 0 Å². The molecule has 1 aromatic heterocycles. The molecule has 0 aliphatic rings. The van der Waals surface area contributed by atoms with Gasteiger partial charge in [-0.15, -0.1) is 11.3 Å². The van der Waals surface area contributed by atoms with E-state index in [9.17, 15) is 9.59 Å². The van der Waals surface area contributed by atoms with Crippen LogP contribution < -0.4 is 5.32 Å². The van der Waals surface area contributed by atoms with E-state index in [0.29, 0.717) is 4.88 Å². The summed E-state index contributed by atoms with van der Waals surface area (Å²) in [6.45, 7) is 7.06. The van der Waals surface area contributed by atoms with Crippen LogP contribution in [0.25, 0.3) is 0 Å². The lowest BCUT2D eigenvalue weighted by Crippen LogP contribution is -2.35. The summed E-state index contributed by atoms with van der Waals surface area (Å²) in [6, 6.07) is -0.626. The number of thiazole rings is 1. The van der Waals surface area contributed by atoms with E-state index in [-0.39, 0.29) is 6.42 Å². The predicted octanol–water partition coefficient (Wildman–Crippen LogP) is 2.49. The van der Waals surface area contributed by atoms with Crippen molar-refractivity contribution in [2.45, 2.75) is 45.8 Å². The van der Waals surface area contributed by atoms with Gasteiger partial charge in [0.2, 0.25) is 0 Å². The first kappa shape index (κ1) is 15.4. The third-order valence-electron chi connectivity index (χ3n) is 2.05. The van der Waals surface area contributed by atoms with Crippen LogP contribution in [0.5, 0.6) is 0 Å². The van der Waals surface area contributed by atoms with Crippen LogP contribution in [-0.2, 0) is 9.53 Å². The highest BCUT2D eigenvalue weighted by molar-refractivity contribution is 7.11. The Hall–Kier alpha value is -1.63. The zero-order valence-corrected chi connectivity index (χ0v) is 12.2. The molecule has 19 heavy (non-hydrogen) atoms. The van der Waals surface area contributed by atoms with E-state index >= 15 is 0 Å². The summed E-state index contributed by atoms with van der Waals surface area (Å²) in [5, 5.41) is 12.3. The van der Waals surface area contributed by atoms with Crippen molar-refractivity contribution in [3.05, 3.63) is 16.1 Å². The summed E-state index contributed by atoms with van der Waals surface area (Å²) in [5.41, 5.74) is -0.624. The first-order chi connectivity index (χ1) is 8.67. The zero-order valence-electron chi connectivity index (χ0n) is 11.4. The Morgan fingerprint density at radius 3 is 2.58 bits per heavy atom. The van der Waals surface area contributed by atoms with Gasteiger partial charge in [-0.05, 0) is 27.7 Å². The normalized spacial score (nSPS) is 12.8. The number of carboxylic acid groups (broad SMARTS) is 1. The Balaban J connectivity index is 2.76. The molecule has 0 bridgehead atoms. The minimum absolute atomic E-state index is 0.207. The smallest absolute Gasteiger partial charge is 0.408 e. The molecule has 0 saturated heterocycles. The minimum Gasteiger partial charge on any atom is -0.481 e. The maximum absolute atomic E-state index is 11.7. The number of rotatable bonds is 4. The van der Waals surface area contributed by atoms with Gasteiger partial charge in [-0.3, -0.25) is 4.79 Å². The largest absolute Gasteiger partial charge is 0.481 e. The molecule has 0 radical (unpaired) electrons. The lowest BCUT2D eigenvalue weighted by molar-refractivity contribution is -0.137. The van der Waals surface area contributed by atoms with E-state index in [0.717, 1.165) is 5.01 Å². The molecule has 1 aromatic rings. The van der Waals surface area contributed by atoms with Gasteiger partial charge in [0.15, 0.2) is 0 Å². The van der Waals surface area contributed by atoms with Crippen molar-refractivity contribution in [1.82, 2.24) is 10.3 Å². The molecule has 1 unspecified atom stereocenters. The highest BCUT2D eigenvalue weighted by Gasteiger charge is 2.23. The van der Waals surface area contributed by atoms with Gasteiger partial charge in [-0.25, -0.2) is 9.78 Å². The third-order valence-corrected chi connectivity index (χ3v) is 3.08. The monoisotopic (exact) mass is 286 g/mol. The molecule has 0 fully saturated rings. The molecule has 1 amide bonds. The first-order valence-electron chi connectivity index (χ1n) is 5.81. The topological polar surface area (TPSA) is 88.5 Å². The number of amides is 1. The van der Waals surface area contributed by atoms with Gasteiger partial charge >= 0.3 is 12.1 Å². The number of carbonyl (C=O) groups is 2. The summed E-state index contributed by atoms with van der Waals surface area (Å²) in [5.74, 6) is -0.993. The van der Waals surface area contributed by atoms with Crippen LogP contribution in [0.4, 0.5) is 4.79 Å². The molecule has 0 saturated carbocycles. The van der Waals surface area contributed by atoms with Crippen LogP contribution in [0, 0.1) is 6.92 Å². The number of hydrogen-bond acceptors (Lipinski definition) is 5. The zero-order chi connectivity index (χ0) is 14.6. The lowest BCUT2D eigenvalue weighted by Gasteiger charge is -2.22. The summed E-state index contributed by atoms with van der Waals surface area (Å²) in [7, 11) is 0. The van der Waals surface area contributed by atoms with Crippen molar-refractivity contribution in [2.24, 2.45) is 0 Å². The number of nitrogens with zero attached hydrogens (tertiary/aromatic N) is 1. The van der Waals surface area contributed by atoms with Crippen molar-refractivity contribution >= 4 is 23.4 Å². The maximum atomic E-state index is 11.7. The van der Waals surface area contributed by atoms with Gasteiger partial charge in [0, 0.05) is 11.1 Å². The molecule has 1 heterocycles. The average molecular weight is 286 g/mol. The van der Waals surface area contributed by atoms with Gasteiger partial charge in [-0.1, -0.05) is 0 Å². The number of carboxylic acids is 1. The van der Waals surface area contributed by atoms with E-state index in [1.165, 1.54) is 11.3 Å². The Labute approximate surface area is 115 Å². The lowest BCUT2D eigenvalue weighted by atomic mass is 10.2. The Bertz CT molecular complexity index is 465. The fourth-order valence-electron chi connectivity index (χ4n) is 1.39. The number of ether oxygens (including phenoxy) is 1. The maximum Gasteiger partial charge on any atom is 0.408 e. The number of aromatic nitrogens is 1. The molecular formula is C12H18N2O4S. The molecule has 2 N–H and O–H groups in total. The van der Waals surface area contributed by atoms with Crippen molar-refractivity contribution in [3.8, 4) is 0 Å². The summed E-state index contributed by atoms with van der Waals surface area (Å²) in [4.78, 5) is 27.3. The predicted molar refractivity (Wildman–Crippen MR) is 71.2 cm³/mol. The highest BCUT2D eigenvalue weighted by Crippen LogP contribution is 2.23. The molecule has 1 rings (SSSR count). The number of carbonyl (C=O) groups excluding carboxylic acids is 1. The number of nitrogens with one attached hydrogen (secondary N) is 1. The van der Waals surface area contributed by atoms with E-state index in [1.807, 2.05) is 6.92 Å². The van der Waals surface area contributed by atoms with Gasteiger partial charge < -0.3 is 15.2 Å². The molecule has 0 aliphatic heterocycles. The van der Waals surface area contributed by atoms with Gasteiger partial charge in [-0.2, -0.15) is 0 Å². The quantitative estimate of drug-likeness (QED) is 0.887. The summed E-state index contributed by atoms with van der Waals surface area (Å²) >= 11 is 1.35. The standard InChI is InChI=1S/C12H18N2O4S/c1-7-13-6-9(19-7)8(5-10(15)16)14-11(17)18-12(2,3)4/h6,8H,5H2,1-4H3,(H,14,17)(H,15,16). The molecule has 6 nitrogen and oxygen atoms in total.